The Bertz CT molecular complexity index is 1020. The van der Waals surface area contributed by atoms with Gasteiger partial charge in [-0.15, -0.1) is 0 Å². The summed E-state index contributed by atoms with van der Waals surface area (Å²) in [5.41, 5.74) is 1.31. The number of pyridine rings is 1. The van der Waals surface area contributed by atoms with Gasteiger partial charge < -0.3 is 34.3 Å². The van der Waals surface area contributed by atoms with Gasteiger partial charge in [-0.25, -0.2) is 0 Å². The lowest BCUT2D eigenvalue weighted by atomic mass is 10.0. The van der Waals surface area contributed by atoms with Gasteiger partial charge in [0.1, 0.15) is 11.8 Å². The minimum absolute atomic E-state index is 0.00633. The molecule has 0 saturated carbocycles. The minimum atomic E-state index is -0.291. The number of nitrogens with zero attached hydrogens (tertiary/aromatic N) is 2. The molecule has 10 heteroatoms. The van der Waals surface area contributed by atoms with Crippen molar-refractivity contribution in [2.45, 2.75) is 39.0 Å². The molecule has 2 atom stereocenters. The molecule has 2 aromatic rings. The summed E-state index contributed by atoms with van der Waals surface area (Å²) in [6, 6.07) is 10.8. The van der Waals surface area contributed by atoms with Crippen LogP contribution < -0.4 is 19.8 Å². The Kier molecular flexibility index (Phi) is 11.0. The molecule has 0 radical (unpaired) electrons. The number of aromatic nitrogens is 1. The molecule has 1 aliphatic rings. The first-order valence-corrected chi connectivity index (χ1v) is 12.6. The molecule has 0 bridgehead atoms. The molecule has 10 nitrogen and oxygen atoms in total. The van der Waals surface area contributed by atoms with Crippen molar-refractivity contribution in [3.8, 4) is 11.5 Å². The zero-order chi connectivity index (χ0) is 26.6. The average Bonchev–Trinajstić information content (AvgIpc) is 3.34. The summed E-state index contributed by atoms with van der Waals surface area (Å²) >= 11 is 0. The van der Waals surface area contributed by atoms with E-state index in [0.29, 0.717) is 56.5 Å². The van der Waals surface area contributed by atoms with Crippen molar-refractivity contribution in [1.82, 2.24) is 15.2 Å². The topological polar surface area (TPSA) is 116 Å². The van der Waals surface area contributed by atoms with E-state index in [1.165, 1.54) is 0 Å². The Morgan fingerprint density at radius 3 is 2.73 bits per heavy atom. The zero-order valence-corrected chi connectivity index (χ0v) is 22.1. The zero-order valence-electron chi connectivity index (χ0n) is 22.1. The smallest absolute Gasteiger partial charge is 0.493 e. The number of rotatable bonds is 13. The fourth-order valence-corrected chi connectivity index (χ4v) is 4.14. The molecule has 37 heavy (non-hydrogen) atoms. The highest BCUT2D eigenvalue weighted by atomic mass is 16.6. The number of carbonyl (C=O) groups excluding carboxylic acids is 1. The van der Waals surface area contributed by atoms with Crippen LogP contribution in [0.25, 0.3) is 0 Å². The summed E-state index contributed by atoms with van der Waals surface area (Å²) in [4.78, 5) is 22.5. The van der Waals surface area contributed by atoms with Gasteiger partial charge in [0.2, 0.25) is 0 Å². The van der Waals surface area contributed by atoms with Crippen LogP contribution in [0, 0.1) is 5.92 Å². The number of hydrogen-bond donors (Lipinski definition) is 3. The molecule has 1 aromatic carbocycles. The van der Waals surface area contributed by atoms with Crippen LogP contribution >= 0.6 is 0 Å². The molecule has 0 aliphatic carbocycles. The van der Waals surface area contributed by atoms with Crippen molar-refractivity contribution in [1.29, 1.82) is 0 Å². The number of amides is 1. The van der Waals surface area contributed by atoms with E-state index in [9.17, 15) is 9.90 Å². The Balaban J connectivity index is 1.66. The van der Waals surface area contributed by atoms with Gasteiger partial charge in [-0.1, -0.05) is 6.07 Å². The molecule has 1 amide bonds. The van der Waals surface area contributed by atoms with Gasteiger partial charge in [0.15, 0.2) is 18.0 Å². The van der Waals surface area contributed by atoms with E-state index in [0.717, 1.165) is 12.1 Å². The second kappa shape index (κ2) is 14.4. The predicted octanol–water partition coefficient (Wildman–Crippen LogP) is 1.16. The van der Waals surface area contributed by atoms with Crippen LogP contribution in [0.15, 0.2) is 42.6 Å². The van der Waals surface area contributed by atoms with E-state index in [2.05, 4.69) is 15.3 Å². The molecule has 3 rings (SSSR count). The number of ether oxygens (including phenoxy) is 4. The van der Waals surface area contributed by atoms with E-state index in [1.807, 2.05) is 36.9 Å². The van der Waals surface area contributed by atoms with Crippen molar-refractivity contribution in [2.75, 3.05) is 47.1 Å². The van der Waals surface area contributed by atoms with Gasteiger partial charge in [-0.05, 0) is 44.2 Å². The standard InChI is InChI=1S/C27H38N4O6/c1-19(2)31(26(32)20-9-10-23(35-4)24(14-20)36-13-7-12-34-3)18-21-15-28-17-25(21)37-27(33)30-16-22-8-5-6-11-29-22/h5-6,8-11,14,19,21,25,28H,7,12-13,15-18H2,1-4H3,(H,30,33)/p+1/t21-,25+/m0/s1. The summed E-state index contributed by atoms with van der Waals surface area (Å²) in [6.07, 6.45) is 1.88. The van der Waals surface area contributed by atoms with Crippen LogP contribution in [0.3, 0.4) is 0 Å². The second-order valence-corrected chi connectivity index (χ2v) is 9.17. The Morgan fingerprint density at radius 2 is 2.03 bits per heavy atom. The van der Waals surface area contributed by atoms with Crippen LogP contribution in [0.4, 0.5) is 0 Å². The molecule has 2 heterocycles. The molecular formula is C27H39N4O6+. The summed E-state index contributed by atoms with van der Waals surface area (Å²) in [6.45, 7) is 7.08. The summed E-state index contributed by atoms with van der Waals surface area (Å²) in [5.74, 6) is 0.984. The molecule has 1 saturated heterocycles. The van der Waals surface area contributed by atoms with Gasteiger partial charge in [0.05, 0.1) is 13.7 Å². The van der Waals surface area contributed by atoms with Crippen molar-refractivity contribution < 1.29 is 33.8 Å². The summed E-state index contributed by atoms with van der Waals surface area (Å²) < 4.78 is 22.2. The summed E-state index contributed by atoms with van der Waals surface area (Å²) in [5, 5.41) is 13.6. The van der Waals surface area contributed by atoms with Crippen molar-refractivity contribution in [2.24, 2.45) is 5.92 Å². The maximum Gasteiger partial charge on any atom is 0.545 e. The minimum Gasteiger partial charge on any atom is -0.493 e. The molecular weight excluding hydrogens is 476 g/mol. The van der Waals surface area contributed by atoms with E-state index in [1.54, 1.807) is 38.6 Å². The molecule has 202 valence electrons. The van der Waals surface area contributed by atoms with Crippen LogP contribution in [0.5, 0.6) is 11.5 Å². The second-order valence-electron chi connectivity index (χ2n) is 9.17. The van der Waals surface area contributed by atoms with Gasteiger partial charge in [-0.2, -0.15) is 4.99 Å². The Labute approximate surface area is 218 Å². The molecule has 1 aliphatic heterocycles. The van der Waals surface area contributed by atoms with Gasteiger partial charge in [0, 0.05) is 63.5 Å². The number of carbonyl (C=O) groups is 1. The van der Waals surface area contributed by atoms with E-state index >= 15 is 0 Å². The lowest BCUT2D eigenvalue weighted by Crippen LogP contribution is -2.72. The number of aliphatic hydroxyl groups is 1. The lowest BCUT2D eigenvalue weighted by molar-refractivity contribution is -0.497. The number of nitrogens with one attached hydrogen (secondary N) is 2. The maximum atomic E-state index is 13.6. The van der Waals surface area contributed by atoms with Crippen molar-refractivity contribution in [3.63, 3.8) is 0 Å². The van der Waals surface area contributed by atoms with Crippen LogP contribution in [-0.4, -0.2) is 86.2 Å². The first-order valence-electron chi connectivity index (χ1n) is 12.6. The van der Waals surface area contributed by atoms with Gasteiger partial charge >= 0.3 is 6.08 Å². The number of benzene rings is 1. The highest BCUT2D eigenvalue weighted by Gasteiger charge is 2.34. The first-order chi connectivity index (χ1) is 17.9. The van der Waals surface area contributed by atoms with E-state index in [-0.39, 0.29) is 30.1 Å². The van der Waals surface area contributed by atoms with Crippen molar-refractivity contribution >= 4 is 12.0 Å². The van der Waals surface area contributed by atoms with Gasteiger partial charge in [-0.3, -0.25) is 9.78 Å². The number of aliphatic hydroxyl groups excluding tert-OH is 1. The molecule has 1 aromatic heterocycles. The fraction of sp³-hybridized carbons (Fsp3) is 0.519. The fourth-order valence-electron chi connectivity index (χ4n) is 4.14. The SMILES string of the molecule is COCCCOc1cc(C(=O)N(C[C@@H]2CNC[C@H]2OC(O)=[NH+]Cc2ccccn2)C(C)C)ccc1OC. The third kappa shape index (κ3) is 8.33. The molecule has 0 unspecified atom stereocenters. The third-order valence-corrected chi connectivity index (χ3v) is 6.16. The number of methoxy groups -OCH3 is 2. The lowest BCUT2D eigenvalue weighted by Gasteiger charge is -2.31. The third-order valence-electron chi connectivity index (χ3n) is 6.16. The average molecular weight is 516 g/mol. The highest BCUT2D eigenvalue weighted by molar-refractivity contribution is 5.95. The molecule has 1 fully saturated rings. The molecule has 0 spiro atoms. The van der Waals surface area contributed by atoms with E-state index < -0.39 is 0 Å². The summed E-state index contributed by atoms with van der Waals surface area (Å²) in [7, 11) is 3.22. The van der Waals surface area contributed by atoms with Crippen LogP contribution in [-0.2, 0) is 16.0 Å². The monoisotopic (exact) mass is 515 g/mol. The van der Waals surface area contributed by atoms with Gasteiger partial charge in [0.25, 0.3) is 5.91 Å². The highest BCUT2D eigenvalue weighted by Crippen LogP contribution is 2.29. The largest absolute Gasteiger partial charge is 0.545 e. The van der Waals surface area contributed by atoms with Crippen molar-refractivity contribution in [3.05, 3.63) is 53.9 Å². The Hall–Kier alpha value is -3.37. The molecule has 3 N–H and O–H groups in total. The Morgan fingerprint density at radius 1 is 1.19 bits per heavy atom. The quantitative estimate of drug-likeness (QED) is 0.207. The maximum absolute atomic E-state index is 13.6. The van der Waals surface area contributed by atoms with Crippen LogP contribution in [0.2, 0.25) is 0 Å². The normalized spacial score (nSPS) is 17.6. The van der Waals surface area contributed by atoms with E-state index in [4.69, 9.17) is 18.9 Å². The predicted molar refractivity (Wildman–Crippen MR) is 139 cm³/mol. The first kappa shape index (κ1) is 28.2. The number of hydrogen-bond acceptors (Lipinski definition) is 7. The van der Waals surface area contributed by atoms with Crippen LogP contribution in [0.1, 0.15) is 36.3 Å².